The highest BCUT2D eigenvalue weighted by Crippen LogP contribution is 2.57. The summed E-state index contributed by atoms with van der Waals surface area (Å²) in [6.07, 6.45) is 8.60. The average molecular weight is 736 g/mol. The van der Waals surface area contributed by atoms with Crippen molar-refractivity contribution in [3.05, 3.63) is 87.7 Å². The fourth-order valence-corrected chi connectivity index (χ4v) is 10.4. The summed E-state index contributed by atoms with van der Waals surface area (Å²) >= 11 is 13.1. The van der Waals surface area contributed by atoms with Crippen molar-refractivity contribution in [2.75, 3.05) is 6.54 Å². The third-order valence-corrected chi connectivity index (χ3v) is 13.3. The number of halogens is 3. The first-order valence-electron chi connectivity index (χ1n) is 18.4. The largest absolute Gasteiger partial charge is 0.488 e. The van der Waals surface area contributed by atoms with Crippen LogP contribution in [-0.2, 0) is 11.2 Å². The summed E-state index contributed by atoms with van der Waals surface area (Å²) < 4.78 is 26.4. The molecular formula is C41H37Cl2FN6O2. The van der Waals surface area contributed by atoms with Gasteiger partial charge in [-0.1, -0.05) is 35.3 Å². The van der Waals surface area contributed by atoms with Gasteiger partial charge in [0.05, 0.1) is 39.9 Å². The lowest BCUT2D eigenvalue weighted by Gasteiger charge is -2.43. The lowest BCUT2D eigenvalue weighted by molar-refractivity contribution is -0.138. The first-order valence-corrected chi connectivity index (χ1v) is 19.2. The number of carbonyl (C=O) groups excluding carboxylic acids is 1. The molecule has 8 nitrogen and oxygen atoms in total. The smallest absolute Gasteiger partial charge is 0.226 e. The number of fused-ring (bicyclic) bond motifs is 6. The lowest BCUT2D eigenvalue weighted by Crippen LogP contribution is -2.48. The van der Waals surface area contributed by atoms with Crippen molar-refractivity contribution in [2.45, 2.75) is 82.1 Å². The van der Waals surface area contributed by atoms with Gasteiger partial charge in [0.15, 0.2) is 5.82 Å². The third-order valence-electron chi connectivity index (χ3n) is 12.5. The molecule has 4 bridgehead atoms. The van der Waals surface area contributed by atoms with Crippen molar-refractivity contribution < 1.29 is 13.9 Å². The molecule has 6 aliphatic rings. The number of nitriles is 1. The Bertz CT molecular complexity index is 2320. The molecule has 3 saturated carbocycles. The zero-order valence-electron chi connectivity index (χ0n) is 28.7. The molecule has 3 aromatic heterocycles. The standard InChI is InChI=1S/C41H37Cl2FN6O2/c1-20-27-17-32(40-28-15-24(49(40)41(51)21-9-10-21)16-33(28)52-25-6-4-12-46-19-25)50(38-23-14-31(38)47-18-23)39(27)29-13-22(5-3-11-45)34(36(44)37(29)48-20)26-7-2-8-30(42)35(26)43/h2,4,6-8,12-13,17,19,21,23-24,28,31,33,38,40,47H,3,5,9-10,14-16,18H2,1H3. The van der Waals surface area contributed by atoms with Gasteiger partial charge < -0.3 is 19.5 Å². The van der Waals surface area contributed by atoms with Gasteiger partial charge in [-0.2, -0.15) is 5.26 Å². The molecule has 2 aromatic carbocycles. The first kappa shape index (κ1) is 32.4. The summed E-state index contributed by atoms with van der Waals surface area (Å²) in [5.41, 5.74) is 4.50. The fourth-order valence-electron chi connectivity index (χ4n) is 10.0. The molecule has 0 radical (unpaired) electrons. The van der Waals surface area contributed by atoms with Crippen LogP contribution in [0.1, 0.15) is 67.6 Å². The van der Waals surface area contributed by atoms with Crippen LogP contribution in [0.4, 0.5) is 4.39 Å². The number of aryl methyl sites for hydroxylation is 2. The number of aromatic nitrogens is 3. The van der Waals surface area contributed by atoms with E-state index in [1.54, 1.807) is 30.6 Å². The molecule has 5 aromatic rings. The number of nitrogens with zero attached hydrogens (tertiary/aromatic N) is 5. The summed E-state index contributed by atoms with van der Waals surface area (Å²) in [6.45, 7) is 2.87. The first-order chi connectivity index (χ1) is 25.3. The minimum Gasteiger partial charge on any atom is -0.488 e. The molecule has 6 heterocycles. The van der Waals surface area contributed by atoms with Gasteiger partial charge in [-0.15, -0.1) is 0 Å². The van der Waals surface area contributed by atoms with Gasteiger partial charge in [-0.05, 0) is 80.8 Å². The number of carbonyl (C=O) groups is 1. The van der Waals surface area contributed by atoms with Crippen LogP contribution in [0, 0.1) is 41.8 Å². The minimum absolute atomic E-state index is 0.0684. The van der Waals surface area contributed by atoms with Gasteiger partial charge in [0.1, 0.15) is 17.4 Å². The van der Waals surface area contributed by atoms with E-state index in [1.165, 1.54) is 0 Å². The van der Waals surface area contributed by atoms with Crippen molar-refractivity contribution in [3.8, 4) is 22.9 Å². The van der Waals surface area contributed by atoms with Crippen molar-refractivity contribution in [3.63, 3.8) is 0 Å². The van der Waals surface area contributed by atoms with Gasteiger partial charge in [0, 0.05) is 82.8 Å². The molecule has 7 unspecified atom stereocenters. The van der Waals surface area contributed by atoms with Crippen molar-refractivity contribution in [2.24, 2.45) is 17.8 Å². The highest BCUT2D eigenvalue weighted by atomic mass is 35.5. The second-order valence-electron chi connectivity index (χ2n) is 15.4. The molecule has 3 saturated heterocycles. The maximum atomic E-state index is 17.3. The highest BCUT2D eigenvalue weighted by Gasteiger charge is 2.58. The Morgan fingerprint density at radius 3 is 2.73 bits per heavy atom. The molecule has 0 spiro atoms. The Hall–Kier alpha value is -4.23. The van der Waals surface area contributed by atoms with E-state index in [1.807, 2.05) is 25.1 Å². The van der Waals surface area contributed by atoms with E-state index in [2.05, 4.69) is 31.9 Å². The Kier molecular flexibility index (Phi) is 7.58. The number of nitrogens with one attached hydrogen (secondary N) is 1. The summed E-state index contributed by atoms with van der Waals surface area (Å²) in [6, 6.07) is 15.9. The molecule has 7 atom stereocenters. The van der Waals surface area contributed by atoms with Crippen LogP contribution in [0.2, 0.25) is 10.0 Å². The van der Waals surface area contributed by atoms with Crippen molar-refractivity contribution in [1.29, 1.82) is 5.26 Å². The van der Waals surface area contributed by atoms with E-state index in [0.29, 0.717) is 39.4 Å². The normalized spacial score (nSPS) is 27.4. The molecule has 11 heteroatoms. The van der Waals surface area contributed by atoms with E-state index in [-0.39, 0.29) is 65.0 Å². The van der Waals surface area contributed by atoms with E-state index < -0.39 is 5.82 Å². The number of pyridine rings is 2. The summed E-state index contributed by atoms with van der Waals surface area (Å²) in [4.78, 5) is 25.6. The predicted molar refractivity (Wildman–Crippen MR) is 198 cm³/mol. The Balaban J connectivity index is 1.21. The van der Waals surface area contributed by atoms with E-state index in [9.17, 15) is 10.1 Å². The van der Waals surface area contributed by atoms with Crippen LogP contribution >= 0.6 is 23.2 Å². The number of ether oxygens (including phenoxy) is 1. The number of hydrogen-bond acceptors (Lipinski definition) is 6. The van der Waals surface area contributed by atoms with Crippen LogP contribution in [-0.4, -0.2) is 50.1 Å². The summed E-state index contributed by atoms with van der Waals surface area (Å²) in [5.74, 6) is 1.10. The molecule has 1 amide bonds. The maximum Gasteiger partial charge on any atom is 0.226 e. The Morgan fingerprint density at radius 2 is 2.00 bits per heavy atom. The van der Waals surface area contributed by atoms with Crippen LogP contribution in [0.25, 0.3) is 32.9 Å². The molecule has 52 heavy (non-hydrogen) atoms. The van der Waals surface area contributed by atoms with E-state index in [4.69, 9.17) is 32.9 Å². The second kappa shape index (κ2) is 12.2. The fraction of sp³-hybridized carbons (Fsp3) is 0.415. The third kappa shape index (κ3) is 4.83. The average Bonchev–Trinajstić information content (AvgIpc) is 3.51. The molecule has 6 fully saturated rings. The van der Waals surface area contributed by atoms with Gasteiger partial charge in [-0.25, -0.2) is 9.37 Å². The maximum absolute atomic E-state index is 17.3. The zero-order chi connectivity index (χ0) is 35.4. The van der Waals surface area contributed by atoms with E-state index in [0.717, 1.165) is 66.7 Å². The van der Waals surface area contributed by atoms with Gasteiger partial charge in [0.2, 0.25) is 5.91 Å². The highest BCUT2D eigenvalue weighted by molar-refractivity contribution is 6.43. The second-order valence-corrected chi connectivity index (χ2v) is 16.2. The van der Waals surface area contributed by atoms with Crippen LogP contribution in [0.15, 0.2) is 54.9 Å². The number of benzene rings is 2. The lowest BCUT2D eigenvalue weighted by atomic mass is 9.79. The Morgan fingerprint density at radius 1 is 1.13 bits per heavy atom. The molecule has 3 aliphatic carbocycles. The number of rotatable bonds is 8. The molecule has 1 N–H and O–H groups in total. The Labute approximate surface area is 310 Å². The zero-order valence-corrected chi connectivity index (χ0v) is 30.2. The number of hydrogen-bond donors (Lipinski definition) is 1. The predicted octanol–water partition coefficient (Wildman–Crippen LogP) is 8.51. The molecule has 11 rings (SSSR count). The molecule has 3 aliphatic heterocycles. The van der Waals surface area contributed by atoms with Crippen molar-refractivity contribution >= 4 is 50.9 Å². The number of amides is 1. The summed E-state index contributed by atoms with van der Waals surface area (Å²) in [7, 11) is 0. The minimum atomic E-state index is -0.473. The van der Waals surface area contributed by atoms with Crippen LogP contribution in [0.5, 0.6) is 5.75 Å². The monoisotopic (exact) mass is 734 g/mol. The number of likely N-dealkylation sites (tertiary alicyclic amines) is 1. The van der Waals surface area contributed by atoms with Gasteiger partial charge >= 0.3 is 0 Å². The van der Waals surface area contributed by atoms with Gasteiger partial charge in [0.25, 0.3) is 0 Å². The van der Waals surface area contributed by atoms with E-state index >= 15 is 4.39 Å². The topological polar surface area (TPSA) is 96.1 Å². The SMILES string of the molecule is Cc1nc2c(F)c(-c3cccc(Cl)c3Cl)c(CCC#N)cc2c2c1cc(C1C3CC(CC3Oc3cccnc3)N1C(=O)C1CC1)n2C1C2CNC1C2. The van der Waals surface area contributed by atoms with Gasteiger partial charge in [-0.3, -0.25) is 9.78 Å². The molecular weight excluding hydrogens is 698 g/mol. The van der Waals surface area contributed by atoms with Crippen LogP contribution < -0.4 is 10.1 Å². The number of piperidine rings is 1. The molecule has 264 valence electrons. The van der Waals surface area contributed by atoms with Crippen molar-refractivity contribution in [1.82, 2.24) is 24.8 Å². The quantitative estimate of drug-likeness (QED) is 0.172. The summed E-state index contributed by atoms with van der Waals surface area (Å²) in [5, 5.41) is 15.6. The van der Waals surface area contributed by atoms with Crippen LogP contribution in [0.3, 0.4) is 0 Å².